The van der Waals surface area contributed by atoms with Gasteiger partial charge in [0.1, 0.15) is 23.6 Å². The number of piperazine rings is 1. The van der Waals surface area contributed by atoms with Crippen LogP contribution in [0.4, 0.5) is 10.1 Å². The highest BCUT2D eigenvalue weighted by Gasteiger charge is 2.65. The van der Waals surface area contributed by atoms with E-state index in [0.717, 1.165) is 5.56 Å². The van der Waals surface area contributed by atoms with Crippen molar-refractivity contribution < 1.29 is 23.9 Å². The van der Waals surface area contributed by atoms with Gasteiger partial charge >= 0.3 is 0 Å². The first-order valence-electron chi connectivity index (χ1n) is 14.8. The van der Waals surface area contributed by atoms with E-state index in [1.54, 1.807) is 23.1 Å². The van der Waals surface area contributed by atoms with Crippen molar-refractivity contribution in [2.45, 2.75) is 70.9 Å². The minimum atomic E-state index is -1.27. The number of hydrogen-bond acceptors (Lipinski definition) is 6. The Morgan fingerprint density at radius 2 is 1.82 bits per heavy atom. The van der Waals surface area contributed by atoms with Crippen molar-refractivity contribution in [1.29, 1.82) is 0 Å². The van der Waals surface area contributed by atoms with Gasteiger partial charge in [-0.2, -0.15) is 0 Å². The zero-order valence-electron chi connectivity index (χ0n) is 24.8. The molecular formula is C33H43Cl2FN4O4. The molecule has 2 aromatic rings. The quantitative estimate of drug-likeness (QED) is 0.372. The first kappa shape index (κ1) is 34.3. The van der Waals surface area contributed by atoms with E-state index in [1.807, 2.05) is 6.07 Å². The number of halogens is 3. The molecule has 8 nitrogen and oxygen atoms in total. The summed E-state index contributed by atoms with van der Waals surface area (Å²) in [4.78, 5) is 44.0. The first-order chi connectivity index (χ1) is 20.3. The van der Waals surface area contributed by atoms with Crippen LogP contribution in [0.2, 0.25) is 10.0 Å². The number of rotatable bonds is 8. The Hall–Kier alpha value is -2.56. The van der Waals surface area contributed by atoms with Gasteiger partial charge < -0.3 is 20.6 Å². The van der Waals surface area contributed by atoms with Crippen LogP contribution in [-0.4, -0.2) is 83.9 Å². The second kappa shape index (κ2) is 13.4. The van der Waals surface area contributed by atoms with E-state index in [4.69, 9.17) is 28.3 Å². The highest BCUT2D eigenvalue weighted by molar-refractivity contribution is 6.31. The summed E-state index contributed by atoms with van der Waals surface area (Å²) < 4.78 is 15.1. The predicted molar refractivity (Wildman–Crippen MR) is 172 cm³/mol. The summed E-state index contributed by atoms with van der Waals surface area (Å²) in [6.07, 6.45) is 1.45. The van der Waals surface area contributed by atoms with E-state index < -0.39 is 35.8 Å². The third-order valence-corrected chi connectivity index (χ3v) is 9.54. The maximum Gasteiger partial charge on any atom is 0.248 e. The lowest BCUT2D eigenvalue weighted by Gasteiger charge is -2.37. The Balaban J connectivity index is 0.00000442. The van der Waals surface area contributed by atoms with Gasteiger partial charge in [-0.15, -0.1) is 0 Å². The summed E-state index contributed by atoms with van der Waals surface area (Å²) in [7, 11) is 0. The molecule has 3 aliphatic heterocycles. The summed E-state index contributed by atoms with van der Waals surface area (Å²) in [5, 5.41) is 16.1. The van der Waals surface area contributed by atoms with Gasteiger partial charge in [0.2, 0.25) is 11.8 Å². The van der Waals surface area contributed by atoms with Gasteiger partial charge in [0.15, 0.2) is 0 Å². The van der Waals surface area contributed by atoms with Gasteiger partial charge in [-0.3, -0.25) is 19.3 Å². The summed E-state index contributed by atoms with van der Waals surface area (Å²) >= 11 is 12.6. The van der Waals surface area contributed by atoms with E-state index in [9.17, 15) is 14.4 Å². The largest absolute Gasteiger partial charge is 0.387 e. The van der Waals surface area contributed by atoms with Crippen molar-refractivity contribution in [1.82, 2.24) is 15.1 Å². The van der Waals surface area contributed by atoms with Crippen LogP contribution in [0.5, 0.6) is 0 Å². The maximum absolute atomic E-state index is 15.1. The standard InChI is InChI=1S/C32H39Cl2FN4O4.CH4/c1-31(2,3)17-26-32(21-15-23(35)22(34)16-24(21)36-30(32)43)28(19-6-4-7-20(33)14-19)29(37-26)25(41)8-5-9-38-10-12-39(13-11-38)27(42)18-40;/h4,6-7,14-16,26,28-29,37,40H,5,8-13,17-18H2,1-3H3,(H,36,43);1H4/t26-,28+,29+,32+;/m1./s1. The van der Waals surface area contributed by atoms with Crippen molar-refractivity contribution in [2.24, 2.45) is 5.41 Å². The number of ketones is 1. The van der Waals surface area contributed by atoms with Gasteiger partial charge in [0.05, 0.1) is 11.1 Å². The Morgan fingerprint density at radius 3 is 2.45 bits per heavy atom. The molecule has 2 fully saturated rings. The molecule has 0 bridgehead atoms. The van der Waals surface area contributed by atoms with Crippen LogP contribution < -0.4 is 10.6 Å². The molecule has 0 saturated carbocycles. The van der Waals surface area contributed by atoms with E-state index in [0.29, 0.717) is 61.8 Å². The first-order valence-corrected chi connectivity index (χ1v) is 15.6. The zero-order chi connectivity index (χ0) is 31.1. The zero-order valence-corrected chi connectivity index (χ0v) is 26.3. The number of aliphatic hydroxyl groups excluding tert-OH is 1. The number of hydrogen-bond donors (Lipinski definition) is 3. The maximum atomic E-state index is 15.1. The molecule has 240 valence electrons. The van der Waals surface area contributed by atoms with Crippen LogP contribution in [0.25, 0.3) is 0 Å². The molecule has 0 aromatic heterocycles. The molecule has 3 heterocycles. The molecule has 4 atom stereocenters. The molecule has 3 aliphatic rings. The fourth-order valence-corrected chi connectivity index (χ4v) is 7.50. The molecular weight excluding hydrogens is 606 g/mol. The lowest BCUT2D eigenvalue weighted by atomic mass is 9.62. The lowest BCUT2D eigenvalue weighted by molar-refractivity contribution is -0.135. The second-order valence-electron chi connectivity index (χ2n) is 13.1. The van der Waals surface area contributed by atoms with Gasteiger partial charge in [0, 0.05) is 55.3 Å². The highest BCUT2D eigenvalue weighted by Crippen LogP contribution is 2.57. The Bertz CT molecular complexity index is 1410. The van der Waals surface area contributed by atoms with Gasteiger partial charge in [-0.1, -0.05) is 63.5 Å². The Labute approximate surface area is 269 Å². The number of nitrogens with one attached hydrogen (secondary N) is 2. The average molecular weight is 650 g/mol. The topological polar surface area (TPSA) is 102 Å². The normalized spacial score (nSPS) is 25.1. The van der Waals surface area contributed by atoms with Crippen LogP contribution in [0.15, 0.2) is 36.4 Å². The molecule has 0 aliphatic carbocycles. The van der Waals surface area contributed by atoms with Crippen LogP contribution in [-0.2, 0) is 19.8 Å². The minimum absolute atomic E-state index is 0. The molecule has 3 N–H and O–H groups in total. The number of benzene rings is 2. The van der Waals surface area contributed by atoms with Crippen molar-refractivity contribution in [3.05, 3.63) is 63.4 Å². The smallest absolute Gasteiger partial charge is 0.248 e. The van der Waals surface area contributed by atoms with E-state index in [2.05, 4.69) is 36.3 Å². The Morgan fingerprint density at radius 1 is 1.11 bits per heavy atom. The summed E-state index contributed by atoms with van der Waals surface area (Å²) in [6.45, 7) is 8.87. The fourth-order valence-electron chi connectivity index (χ4n) is 7.14. The van der Waals surface area contributed by atoms with Crippen molar-refractivity contribution in [3.8, 4) is 0 Å². The van der Waals surface area contributed by atoms with Crippen molar-refractivity contribution in [2.75, 3.05) is 44.6 Å². The molecule has 2 aromatic carbocycles. The van der Waals surface area contributed by atoms with E-state index >= 15 is 4.39 Å². The Kier molecular flexibility index (Phi) is 10.5. The monoisotopic (exact) mass is 648 g/mol. The average Bonchev–Trinajstić information content (AvgIpc) is 3.42. The van der Waals surface area contributed by atoms with Gasteiger partial charge in [-0.05, 0) is 60.2 Å². The molecule has 0 radical (unpaired) electrons. The summed E-state index contributed by atoms with van der Waals surface area (Å²) in [5.74, 6) is -1.84. The molecule has 2 amide bonds. The van der Waals surface area contributed by atoms with Crippen LogP contribution in [0.1, 0.15) is 64.5 Å². The number of amides is 2. The van der Waals surface area contributed by atoms with Crippen molar-refractivity contribution >= 4 is 46.5 Å². The summed E-state index contributed by atoms with van der Waals surface area (Å²) in [6, 6.07) is 8.85. The highest BCUT2D eigenvalue weighted by atomic mass is 35.5. The number of fused-ring (bicyclic) bond motifs is 2. The second-order valence-corrected chi connectivity index (χ2v) is 13.9. The fraction of sp³-hybridized carbons (Fsp3) is 0.545. The molecule has 2 saturated heterocycles. The number of aliphatic hydroxyl groups is 1. The molecule has 11 heteroatoms. The number of anilines is 1. The van der Waals surface area contributed by atoms with Crippen LogP contribution in [0.3, 0.4) is 0 Å². The predicted octanol–water partition coefficient (Wildman–Crippen LogP) is 5.00. The number of Topliss-reactive ketones (excluding diaryl/α,β-unsaturated/α-hetero) is 1. The third kappa shape index (κ3) is 6.53. The van der Waals surface area contributed by atoms with Crippen LogP contribution >= 0.6 is 23.2 Å². The van der Waals surface area contributed by atoms with E-state index in [1.165, 1.54) is 12.1 Å². The molecule has 1 spiro atoms. The number of nitrogens with zero attached hydrogens (tertiary/aromatic N) is 2. The summed E-state index contributed by atoms with van der Waals surface area (Å²) in [5.41, 5.74) is 0.203. The van der Waals surface area contributed by atoms with Crippen molar-refractivity contribution in [3.63, 3.8) is 0 Å². The SMILES string of the molecule is C.CC(C)(C)C[C@H]1N[C@@H](C(=O)CCCN2CCN(C(=O)CO)CC2)[C@H](c2cccc(Cl)c2)[C@@]12C(=O)Nc1cc(Cl)c(F)cc12. The van der Waals surface area contributed by atoms with Crippen LogP contribution in [0, 0.1) is 11.2 Å². The lowest BCUT2D eigenvalue weighted by Crippen LogP contribution is -2.49. The number of carbonyl (C=O) groups is 3. The van der Waals surface area contributed by atoms with Gasteiger partial charge in [-0.25, -0.2) is 4.39 Å². The third-order valence-electron chi connectivity index (χ3n) is 9.01. The number of carbonyl (C=O) groups excluding carboxylic acids is 3. The molecule has 5 rings (SSSR count). The molecule has 0 unspecified atom stereocenters. The van der Waals surface area contributed by atoms with Gasteiger partial charge in [0.25, 0.3) is 0 Å². The minimum Gasteiger partial charge on any atom is -0.387 e. The van der Waals surface area contributed by atoms with E-state index in [-0.39, 0.29) is 41.9 Å². The molecule has 44 heavy (non-hydrogen) atoms.